The van der Waals surface area contributed by atoms with Gasteiger partial charge < -0.3 is 10.6 Å². The van der Waals surface area contributed by atoms with Crippen LogP contribution in [0.25, 0.3) is 5.65 Å². The molecule has 0 aromatic carbocycles. The van der Waals surface area contributed by atoms with Gasteiger partial charge in [0.1, 0.15) is 5.82 Å². The largest absolute Gasteiger partial charge is 0.392 e. The molecule has 1 fully saturated rings. The predicted octanol–water partition coefficient (Wildman–Crippen LogP) is 0.229. The Hall–Kier alpha value is -1.80. The lowest BCUT2D eigenvalue weighted by molar-refractivity contribution is 0.239. The number of rotatable bonds is 3. The highest BCUT2D eigenvalue weighted by atomic mass is 32.1. The third-order valence-electron chi connectivity index (χ3n) is 4.05. The van der Waals surface area contributed by atoms with Crippen molar-refractivity contribution >= 4 is 28.7 Å². The topological polar surface area (TPSA) is 75.6 Å². The molecule has 1 aliphatic rings. The standard InChI is InChI=1S/C13H19N7S/c1-9(11(14)21)18-5-7-19(8-6-18)12-13-17-16-10(2)20(13)4-3-15-12/h3-4,9H,5-8H2,1-2H3,(H2,14,21). The first-order valence-electron chi connectivity index (χ1n) is 7.02. The first-order chi connectivity index (χ1) is 10.1. The van der Waals surface area contributed by atoms with Crippen LogP contribution in [-0.2, 0) is 0 Å². The Kier molecular flexibility index (Phi) is 3.73. The number of nitrogens with two attached hydrogens (primary N) is 1. The number of nitrogens with zero attached hydrogens (tertiary/aromatic N) is 6. The van der Waals surface area contributed by atoms with Crippen molar-refractivity contribution < 1.29 is 0 Å². The SMILES string of the molecule is Cc1nnc2c(N3CCN(C(C)C(N)=S)CC3)nccn12. The molecule has 7 nitrogen and oxygen atoms in total. The van der Waals surface area contributed by atoms with E-state index < -0.39 is 0 Å². The summed E-state index contributed by atoms with van der Waals surface area (Å²) in [5.74, 6) is 1.76. The van der Waals surface area contributed by atoms with E-state index in [0.717, 1.165) is 43.5 Å². The maximum atomic E-state index is 5.73. The normalized spacial score (nSPS) is 18.1. The van der Waals surface area contributed by atoms with Crippen LogP contribution in [0.5, 0.6) is 0 Å². The molecular formula is C13H19N7S. The summed E-state index contributed by atoms with van der Waals surface area (Å²) in [4.78, 5) is 9.58. The van der Waals surface area contributed by atoms with E-state index in [9.17, 15) is 0 Å². The number of thiocarbonyl (C=S) groups is 1. The van der Waals surface area contributed by atoms with Crippen molar-refractivity contribution in [1.82, 2.24) is 24.5 Å². The third kappa shape index (κ3) is 2.56. The summed E-state index contributed by atoms with van der Waals surface area (Å²) in [6, 6.07) is 0.140. The van der Waals surface area contributed by atoms with Gasteiger partial charge in [0.05, 0.1) is 11.0 Å². The molecule has 0 bridgehead atoms. The molecule has 1 aliphatic heterocycles. The summed E-state index contributed by atoms with van der Waals surface area (Å²) in [7, 11) is 0. The Morgan fingerprint density at radius 3 is 2.67 bits per heavy atom. The van der Waals surface area contributed by atoms with Gasteiger partial charge in [0.15, 0.2) is 5.82 Å². The second-order valence-corrected chi connectivity index (χ2v) is 5.76. The van der Waals surface area contributed by atoms with Crippen LogP contribution in [0.4, 0.5) is 5.82 Å². The van der Waals surface area contributed by atoms with Crippen molar-refractivity contribution in [2.24, 2.45) is 5.73 Å². The van der Waals surface area contributed by atoms with Gasteiger partial charge in [-0.05, 0) is 13.8 Å². The van der Waals surface area contributed by atoms with E-state index in [1.807, 2.05) is 17.5 Å². The van der Waals surface area contributed by atoms with Crippen molar-refractivity contribution in [2.75, 3.05) is 31.1 Å². The molecule has 2 N–H and O–H groups in total. The quantitative estimate of drug-likeness (QED) is 0.814. The number of fused-ring (bicyclic) bond motifs is 1. The van der Waals surface area contributed by atoms with Gasteiger partial charge in [0, 0.05) is 38.6 Å². The van der Waals surface area contributed by atoms with Gasteiger partial charge >= 0.3 is 0 Å². The second-order valence-electron chi connectivity index (χ2n) is 5.29. The maximum absolute atomic E-state index is 5.73. The number of hydrogen-bond donors (Lipinski definition) is 1. The minimum absolute atomic E-state index is 0.140. The van der Waals surface area contributed by atoms with Gasteiger partial charge in [-0.2, -0.15) is 0 Å². The van der Waals surface area contributed by atoms with E-state index in [-0.39, 0.29) is 6.04 Å². The highest BCUT2D eigenvalue weighted by Gasteiger charge is 2.24. The molecule has 2 aromatic rings. The van der Waals surface area contributed by atoms with Gasteiger partial charge in [-0.15, -0.1) is 10.2 Å². The number of aromatic nitrogens is 4. The molecule has 3 rings (SSSR count). The van der Waals surface area contributed by atoms with E-state index in [2.05, 4.69) is 31.9 Å². The molecule has 1 atom stereocenters. The molecule has 112 valence electrons. The smallest absolute Gasteiger partial charge is 0.203 e. The van der Waals surface area contributed by atoms with Gasteiger partial charge in [-0.25, -0.2) is 4.98 Å². The molecule has 1 saturated heterocycles. The number of hydrogen-bond acceptors (Lipinski definition) is 6. The highest BCUT2D eigenvalue weighted by molar-refractivity contribution is 7.80. The lowest BCUT2D eigenvalue weighted by atomic mass is 10.2. The fourth-order valence-corrected chi connectivity index (χ4v) is 2.80. The Morgan fingerprint density at radius 1 is 1.29 bits per heavy atom. The molecule has 0 amide bonds. The molecule has 3 heterocycles. The zero-order chi connectivity index (χ0) is 15.0. The van der Waals surface area contributed by atoms with Gasteiger partial charge in [0.25, 0.3) is 0 Å². The molecule has 0 radical (unpaired) electrons. The molecule has 21 heavy (non-hydrogen) atoms. The van der Waals surface area contributed by atoms with Crippen LogP contribution in [0, 0.1) is 6.92 Å². The van der Waals surface area contributed by atoms with E-state index in [1.165, 1.54) is 0 Å². The van der Waals surface area contributed by atoms with E-state index in [4.69, 9.17) is 18.0 Å². The third-order valence-corrected chi connectivity index (χ3v) is 4.39. The van der Waals surface area contributed by atoms with Gasteiger partial charge in [-0.3, -0.25) is 9.30 Å². The van der Waals surface area contributed by atoms with Crippen molar-refractivity contribution in [1.29, 1.82) is 0 Å². The van der Waals surface area contributed by atoms with E-state index >= 15 is 0 Å². The lowest BCUT2D eigenvalue weighted by Gasteiger charge is -2.38. The molecule has 8 heteroatoms. The first-order valence-corrected chi connectivity index (χ1v) is 7.43. The number of anilines is 1. The van der Waals surface area contributed by atoms with Crippen molar-refractivity contribution in [3.8, 4) is 0 Å². The second kappa shape index (κ2) is 5.53. The van der Waals surface area contributed by atoms with Crippen LogP contribution in [0.2, 0.25) is 0 Å². The van der Waals surface area contributed by atoms with Crippen LogP contribution >= 0.6 is 12.2 Å². The minimum Gasteiger partial charge on any atom is -0.392 e. The summed E-state index contributed by atoms with van der Waals surface area (Å²) in [6.07, 6.45) is 3.68. The molecule has 0 saturated carbocycles. The monoisotopic (exact) mass is 305 g/mol. The average molecular weight is 305 g/mol. The predicted molar refractivity (Wildman–Crippen MR) is 85.6 cm³/mol. The summed E-state index contributed by atoms with van der Waals surface area (Å²) in [5.41, 5.74) is 6.54. The Bertz CT molecular complexity index is 660. The molecule has 0 spiro atoms. The number of aryl methyl sites for hydroxylation is 1. The molecule has 1 unspecified atom stereocenters. The fourth-order valence-electron chi connectivity index (χ4n) is 2.65. The summed E-state index contributed by atoms with van der Waals surface area (Å²) in [6.45, 7) is 7.57. The van der Waals surface area contributed by atoms with Crippen LogP contribution in [0.15, 0.2) is 12.4 Å². The van der Waals surface area contributed by atoms with Crippen LogP contribution in [-0.4, -0.2) is 61.7 Å². The van der Waals surface area contributed by atoms with E-state index in [0.29, 0.717) is 4.99 Å². The Labute approximate surface area is 128 Å². The molecular weight excluding hydrogens is 286 g/mol. The average Bonchev–Trinajstić information content (AvgIpc) is 2.88. The summed E-state index contributed by atoms with van der Waals surface area (Å²) in [5, 5.41) is 8.35. The molecule has 0 aliphatic carbocycles. The summed E-state index contributed by atoms with van der Waals surface area (Å²) >= 11 is 5.08. The Morgan fingerprint density at radius 2 is 2.00 bits per heavy atom. The highest BCUT2D eigenvalue weighted by Crippen LogP contribution is 2.19. The molecule has 2 aromatic heterocycles. The van der Waals surface area contributed by atoms with Gasteiger partial charge in [0.2, 0.25) is 5.65 Å². The van der Waals surface area contributed by atoms with Crippen LogP contribution < -0.4 is 10.6 Å². The maximum Gasteiger partial charge on any atom is 0.203 e. The zero-order valence-corrected chi connectivity index (χ0v) is 13.0. The van der Waals surface area contributed by atoms with Crippen molar-refractivity contribution in [3.05, 3.63) is 18.2 Å². The number of piperazine rings is 1. The first kappa shape index (κ1) is 14.2. The van der Waals surface area contributed by atoms with Crippen LogP contribution in [0.3, 0.4) is 0 Å². The van der Waals surface area contributed by atoms with Crippen molar-refractivity contribution in [3.63, 3.8) is 0 Å². The minimum atomic E-state index is 0.140. The van der Waals surface area contributed by atoms with Crippen molar-refractivity contribution in [2.45, 2.75) is 19.9 Å². The lowest BCUT2D eigenvalue weighted by Crippen LogP contribution is -2.53. The zero-order valence-electron chi connectivity index (χ0n) is 12.2. The fraction of sp³-hybridized carbons (Fsp3) is 0.538. The van der Waals surface area contributed by atoms with Gasteiger partial charge in [-0.1, -0.05) is 12.2 Å². The van der Waals surface area contributed by atoms with E-state index in [1.54, 1.807) is 6.20 Å². The Balaban J connectivity index is 1.78. The van der Waals surface area contributed by atoms with Crippen LogP contribution in [0.1, 0.15) is 12.7 Å². The summed E-state index contributed by atoms with van der Waals surface area (Å²) < 4.78 is 1.96.